The molecule has 2 N–H and O–H groups in total. The fourth-order valence-corrected chi connectivity index (χ4v) is 1.76. The SMILES string of the molecule is CCCCCCC(=O)O.CCCCCCCCC(=O)O. The average molecular weight is 288 g/mol. The van der Waals surface area contributed by atoms with Crippen LogP contribution in [-0.2, 0) is 9.59 Å². The van der Waals surface area contributed by atoms with Crippen molar-refractivity contribution in [1.82, 2.24) is 0 Å². The first-order valence-corrected chi connectivity index (χ1v) is 7.98. The molecule has 4 nitrogen and oxygen atoms in total. The lowest BCUT2D eigenvalue weighted by atomic mass is 10.1. The van der Waals surface area contributed by atoms with E-state index >= 15 is 0 Å². The fraction of sp³-hybridized carbons (Fsp3) is 0.875. The Morgan fingerprint density at radius 3 is 1.25 bits per heavy atom. The highest BCUT2D eigenvalue weighted by Crippen LogP contribution is 2.06. The van der Waals surface area contributed by atoms with Crippen molar-refractivity contribution in [3.05, 3.63) is 0 Å². The van der Waals surface area contributed by atoms with Crippen molar-refractivity contribution in [1.29, 1.82) is 0 Å². The fourth-order valence-electron chi connectivity index (χ4n) is 1.76. The van der Waals surface area contributed by atoms with E-state index in [9.17, 15) is 9.59 Å². The summed E-state index contributed by atoms with van der Waals surface area (Å²) in [7, 11) is 0. The Morgan fingerprint density at radius 2 is 0.900 bits per heavy atom. The van der Waals surface area contributed by atoms with E-state index in [0.717, 1.165) is 32.1 Å². The average Bonchev–Trinajstić information content (AvgIpc) is 2.39. The molecule has 0 aliphatic carbocycles. The van der Waals surface area contributed by atoms with Crippen LogP contribution in [-0.4, -0.2) is 22.2 Å². The quantitative estimate of drug-likeness (QED) is 0.503. The molecule has 0 amide bonds. The third kappa shape index (κ3) is 25.7. The summed E-state index contributed by atoms with van der Waals surface area (Å²) in [6.07, 6.45) is 11.8. The zero-order valence-corrected chi connectivity index (χ0v) is 13.2. The van der Waals surface area contributed by atoms with Gasteiger partial charge in [0, 0.05) is 12.8 Å². The Morgan fingerprint density at radius 1 is 0.600 bits per heavy atom. The minimum absolute atomic E-state index is 0.333. The number of carboxylic acids is 2. The lowest BCUT2D eigenvalue weighted by Gasteiger charge is -1.97. The highest BCUT2D eigenvalue weighted by molar-refractivity contribution is 5.66. The third-order valence-corrected chi connectivity index (χ3v) is 2.99. The van der Waals surface area contributed by atoms with Gasteiger partial charge in [-0.25, -0.2) is 0 Å². The number of unbranched alkanes of at least 4 members (excludes halogenated alkanes) is 8. The Balaban J connectivity index is 0. The van der Waals surface area contributed by atoms with E-state index in [1.54, 1.807) is 0 Å². The van der Waals surface area contributed by atoms with Crippen molar-refractivity contribution in [2.45, 2.75) is 90.9 Å². The monoisotopic (exact) mass is 288 g/mol. The maximum absolute atomic E-state index is 10.1. The van der Waals surface area contributed by atoms with Gasteiger partial charge in [-0.3, -0.25) is 9.59 Å². The van der Waals surface area contributed by atoms with Crippen LogP contribution in [0.3, 0.4) is 0 Å². The summed E-state index contributed by atoms with van der Waals surface area (Å²) in [4.78, 5) is 20.1. The molecule has 20 heavy (non-hydrogen) atoms. The van der Waals surface area contributed by atoms with Crippen LogP contribution >= 0.6 is 0 Å². The van der Waals surface area contributed by atoms with Gasteiger partial charge in [-0.05, 0) is 12.8 Å². The molecule has 0 aliphatic rings. The third-order valence-electron chi connectivity index (χ3n) is 2.99. The first-order valence-electron chi connectivity index (χ1n) is 7.98. The lowest BCUT2D eigenvalue weighted by Crippen LogP contribution is -1.93. The van der Waals surface area contributed by atoms with Gasteiger partial charge in [-0.2, -0.15) is 0 Å². The second kappa shape index (κ2) is 17.9. The van der Waals surface area contributed by atoms with Gasteiger partial charge in [0.2, 0.25) is 0 Å². The first kappa shape index (κ1) is 21.2. The smallest absolute Gasteiger partial charge is 0.303 e. The van der Waals surface area contributed by atoms with Gasteiger partial charge in [-0.1, -0.05) is 65.2 Å². The summed E-state index contributed by atoms with van der Waals surface area (Å²) >= 11 is 0. The van der Waals surface area contributed by atoms with E-state index in [0.29, 0.717) is 12.8 Å². The second-order valence-electron chi connectivity index (χ2n) is 5.12. The molecule has 0 saturated heterocycles. The predicted molar refractivity (Wildman–Crippen MR) is 82.0 cm³/mol. The van der Waals surface area contributed by atoms with E-state index in [-0.39, 0.29) is 0 Å². The Kier molecular flexibility index (Phi) is 19.1. The molecular formula is C16H32O4. The molecule has 0 bridgehead atoms. The van der Waals surface area contributed by atoms with Gasteiger partial charge in [0.05, 0.1) is 0 Å². The van der Waals surface area contributed by atoms with Crippen LogP contribution in [0.15, 0.2) is 0 Å². The number of carboxylic acid groups (broad SMARTS) is 2. The number of hydrogen-bond acceptors (Lipinski definition) is 2. The molecule has 0 unspecified atom stereocenters. The highest BCUT2D eigenvalue weighted by Gasteiger charge is 1.95. The lowest BCUT2D eigenvalue weighted by molar-refractivity contribution is -0.138. The number of hydrogen-bond donors (Lipinski definition) is 2. The molecule has 0 rings (SSSR count). The minimum Gasteiger partial charge on any atom is -0.481 e. The molecule has 0 aliphatic heterocycles. The molecule has 0 atom stereocenters. The molecule has 0 aromatic rings. The molecule has 0 fully saturated rings. The molecule has 0 saturated carbocycles. The normalized spacial score (nSPS) is 9.70. The predicted octanol–water partition coefficient (Wildman–Crippen LogP) is 4.86. The van der Waals surface area contributed by atoms with Gasteiger partial charge in [-0.15, -0.1) is 0 Å². The van der Waals surface area contributed by atoms with Crippen molar-refractivity contribution in [2.75, 3.05) is 0 Å². The standard InChI is InChI=1S/C9H18O2.C7H14O2/c1-2-3-4-5-6-7-8-9(10)11;1-2-3-4-5-6-7(8)9/h2-8H2,1H3,(H,10,11);2-6H2,1H3,(H,8,9). The zero-order valence-electron chi connectivity index (χ0n) is 13.2. The summed E-state index contributed by atoms with van der Waals surface area (Å²) in [5.74, 6) is -1.34. The van der Waals surface area contributed by atoms with E-state index in [2.05, 4.69) is 13.8 Å². The number of aliphatic carboxylic acids is 2. The number of rotatable bonds is 12. The highest BCUT2D eigenvalue weighted by atomic mass is 16.4. The van der Waals surface area contributed by atoms with E-state index < -0.39 is 11.9 Å². The molecule has 0 aromatic heterocycles. The molecular weight excluding hydrogens is 256 g/mol. The first-order chi connectivity index (χ1) is 9.54. The topological polar surface area (TPSA) is 74.6 Å². The zero-order chi connectivity index (χ0) is 15.6. The summed E-state index contributed by atoms with van der Waals surface area (Å²) in [6, 6.07) is 0. The summed E-state index contributed by atoms with van der Waals surface area (Å²) < 4.78 is 0. The summed E-state index contributed by atoms with van der Waals surface area (Å²) in [5, 5.41) is 16.5. The van der Waals surface area contributed by atoms with Gasteiger partial charge < -0.3 is 10.2 Å². The molecule has 120 valence electrons. The van der Waals surface area contributed by atoms with Crippen LogP contribution in [0.4, 0.5) is 0 Å². The van der Waals surface area contributed by atoms with Crippen molar-refractivity contribution in [3.63, 3.8) is 0 Å². The Bertz CT molecular complexity index is 227. The molecule has 0 radical (unpaired) electrons. The molecule has 0 spiro atoms. The van der Waals surface area contributed by atoms with E-state index in [4.69, 9.17) is 10.2 Å². The largest absolute Gasteiger partial charge is 0.481 e. The molecule has 0 aromatic carbocycles. The van der Waals surface area contributed by atoms with Crippen LogP contribution in [0.25, 0.3) is 0 Å². The summed E-state index contributed by atoms with van der Waals surface area (Å²) in [5.41, 5.74) is 0. The van der Waals surface area contributed by atoms with Gasteiger partial charge >= 0.3 is 11.9 Å². The van der Waals surface area contributed by atoms with Gasteiger partial charge in [0.1, 0.15) is 0 Å². The van der Waals surface area contributed by atoms with Crippen LogP contribution < -0.4 is 0 Å². The van der Waals surface area contributed by atoms with Crippen molar-refractivity contribution < 1.29 is 19.8 Å². The van der Waals surface area contributed by atoms with Crippen LogP contribution in [0.2, 0.25) is 0 Å². The minimum atomic E-state index is -0.675. The Hall–Kier alpha value is -1.06. The van der Waals surface area contributed by atoms with Crippen LogP contribution in [0.1, 0.15) is 90.9 Å². The van der Waals surface area contributed by atoms with Crippen LogP contribution in [0.5, 0.6) is 0 Å². The van der Waals surface area contributed by atoms with E-state index in [1.165, 1.54) is 32.1 Å². The maximum atomic E-state index is 10.1. The molecule has 0 heterocycles. The van der Waals surface area contributed by atoms with Gasteiger partial charge in [0.25, 0.3) is 0 Å². The maximum Gasteiger partial charge on any atom is 0.303 e. The van der Waals surface area contributed by atoms with Gasteiger partial charge in [0.15, 0.2) is 0 Å². The second-order valence-corrected chi connectivity index (χ2v) is 5.12. The van der Waals surface area contributed by atoms with Crippen molar-refractivity contribution in [3.8, 4) is 0 Å². The Labute approximate surface area is 123 Å². The van der Waals surface area contributed by atoms with Crippen molar-refractivity contribution >= 4 is 11.9 Å². The number of carbonyl (C=O) groups is 2. The van der Waals surface area contributed by atoms with E-state index in [1.807, 2.05) is 0 Å². The summed E-state index contributed by atoms with van der Waals surface area (Å²) in [6.45, 7) is 4.29. The van der Waals surface area contributed by atoms with Crippen LogP contribution in [0, 0.1) is 0 Å². The van der Waals surface area contributed by atoms with Crippen molar-refractivity contribution in [2.24, 2.45) is 0 Å². The molecule has 4 heteroatoms.